The predicted molar refractivity (Wildman–Crippen MR) is 104 cm³/mol. The average molecular weight is 384 g/mol. The number of fused-ring (bicyclic) bond motifs is 1. The molecule has 0 radical (unpaired) electrons. The SMILES string of the molecule is Cn1cc(CCC(Nc2cc(=O)n(C)c3ccc([N+](=O)[O-])cc23)C(N)=O)cn1. The van der Waals surface area contributed by atoms with Crippen LogP contribution in [0.2, 0.25) is 0 Å². The molecule has 0 aliphatic rings. The molecule has 0 saturated heterocycles. The molecule has 2 heterocycles. The number of nitro benzene ring substituents is 1. The lowest BCUT2D eigenvalue weighted by Crippen LogP contribution is -2.36. The van der Waals surface area contributed by atoms with Gasteiger partial charge in [-0.05, 0) is 24.5 Å². The maximum Gasteiger partial charge on any atom is 0.270 e. The summed E-state index contributed by atoms with van der Waals surface area (Å²) >= 11 is 0. The topological polar surface area (TPSA) is 138 Å². The van der Waals surface area contributed by atoms with E-state index in [1.807, 2.05) is 6.20 Å². The van der Waals surface area contributed by atoms with Crippen LogP contribution in [0.15, 0.2) is 41.5 Å². The molecular formula is C18H20N6O4. The van der Waals surface area contributed by atoms with Crippen molar-refractivity contribution in [2.75, 3.05) is 5.32 Å². The van der Waals surface area contributed by atoms with Gasteiger partial charge < -0.3 is 15.6 Å². The number of nitro groups is 1. The molecule has 3 rings (SSSR count). The Morgan fingerprint density at radius 1 is 1.36 bits per heavy atom. The van der Waals surface area contributed by atoms with Gasteiger partial charge in [0.1, 0.15) is 6.04 Å². The van der Waals surface area contributed by atoms with Gasteiger partial charge in [0, 0.05) is 49.6 Å². The molecule has 0 aliphatic carbocycles. The van der Waals surface area contributed by atoms with E-state index < -0.39 is 16.9 Å². The number of hydrogen-bond donors (Lipinski definition) is 2. The van der Waals surface area contributed by atoms with E-state index in [0.717, 1.165) is 5.56 Å². The number of primary amides is 1. The van der Waals surface area contributed by atoms with Crippen LogP contribution in [0.1, 0.15) is 12.0 Å². The van der Waals surface area contributed by atoms with Crippen molar-refractivity contribution in [3.8, 4) is 0 Å². The van der Waals surface area contributed by atoms with Gasteiger partial charge >= 0.3 is 0 Å². The minimum absolute atomic E-state index is 0.111. The lowest BCUT2D eigenvalue weighted by Gasteiger charge is -2.18. The van der Waals surface area contributed by atoms with E-state index in [1.165, 1.54) is 28.8 Å². The Morgan fingerprint density at radius 2 is 2.11 bits per heavy atom. The van der Waals surface area contributed by atoms with Crippen molar-refractivity contribution < 1.29 is 9.72 Å². The Balaban J connectivity index is 1.96. The van der Waals surface area contributed by atoms with Crippen molar-refractivity contribution >= 4 is 28.2 Å². The molecular weight excluding hydrogens is 364 g/mol. The van der Waals surface area contributed by atoms with Gasteiger partial charge in [-0.1, -0.05) is 0 Å². The molecule has 0 spiro atoms. The third-order valence-electron chi connectivity index (χ3n) is 4.59. The summed E-state index contributed by atoms with van der Waals surface area (Å²) in [7, 11) is 3.38. The van der Waals surface area contributed by atoms with Gasteiger partial charge in [-0.3, -0.25) is 24.4 Å². The van der Waals surface area contributed by atoms with Crippen molar-refractivity contribution in [3.63, 3.8) is 0 Å². The first-order valence-electron chi connectivity index (χ1n) is 8.58. The molecule has 3 aromatic rings. The van der Waals surface area contributed by atoms with Crippen LogP contribution in [0, 0.1) is 10.1 Å². The minimum Gasteiger partial charge on any atom is -0.373 e. The summed E-state index contributed by atoms with van der Waals surface area (Å²) in [5.74, 6) is -0.580. The van der Waals surface area contributed by atoms with Crippen molar-refractivity contribution in [2.24, 2.45) is 19.8 Å². The van der Waals surface area contributed by atoms with Crippen LogP contribution in [0.4, 0.5) is 11.4 Å². The summed E-state index contributed by atoms with van der Waals surface area (Å²) in [5.41, 5.74) is 6.90. The van der Waals surface area contributed by atoms with Gasteiger partial charge in [-0.2, -0.15) is 5.10 Å². The van der Waals surface area contributed by atoms with Crippen LogP contribution < -0.4 is 16.6 Å². The molecule has 0 saturated carbocycles. The molecule has 2 aromatic heterocycles. The number of non-ortho nitro benzene ring substituents is 1. The average Bonchev–Trinajstić information content (AvgIpc) is 3.07. The molecule has 146 valence electrons. The fourth-order valence-corrected chi connectivity index (χ4v) is 3.07. The second kappa shape index (κ2) is 7.51. The minimum atomic E-state index is -0.755. The Kier molecular flexibility index (Phi) is 5.12. The van der Waals surface area contributed by atoms with Gasteiger partial charge in [-0.15, -0.1) is 0 Å². The van der Waals surface area contributed by atoms with Crippen LogP contribution in [-0.2, 0) is 25.3 Å². The van der Waals surface area contributed by atoms with E-state index in [-0.39, 0.29) is 11.2 Å². The van der Waals surface area contributed by atoms with E-state index in [1.54, 1.807) is 25.0 Å². The van der Waals surface area contributed by atoms with Crippen LogP contribution >= 0.6 is 0 Å². The normalized spacial score (nSPS) is 12.1. The number of anilines is 1. The number of amides is 1. The quantitative estimate of drug-likeness (QED) is 0.462. The van der Waals surface area contributed by atoms with Gasteiger partial charge in [0.05, 0.1) is 16.6 Å². The Morgan fingerprint density at radius 3 is 2.71 bits per heavy atom. The molecule has 0 fully saturated rings. The first kappa shape index (κ1) is 19.1. The highest BCUT2D eigenvalue weighted by Crippen LogP contribution is 2.26. The summed E-state index contributed by atoms with van der Waals surface area (Å²) in [6.45, 7) is 0. The van der Waals surface area contributed by atoms with Gasteiger partial charge in [0.2, 0.25) is 5.91 Å². The third kappa shape index (κ3) is 3.85. The summed E-state index contributed by atoms with van der Waals surface area (Å²) in [5, 5.41) is 18.7. The maximum absolute atomic E-state index is 12.3. The Hall–Kier alpha value is -3.69. The second-order valence-electron chi connectivity index (χ2n) is 6.57. The van der Waals surface area contributed by atoms with E-state index >= 15 is 0 Å². The molecule has 1 amide bonds. The highest BCUT2D eigenvalue weighted by Gasteiger charge is 2.19. The zero-order valence-corrected chi connectivity index (χ0v) is 15.5. The summed E-state index contributed by atoms with van der Waals surface area (Å²) in [6.07, 6.45) is 4.48. The second-order valence-corrected chi connectivity index (χ2v) is 6.57. The molecule has 1 unspecified atom stereocenters. The van der Waals surface area contributed by atoms with Crippen LogP contribution in [-0.4, -0.2) is 31.2 Å². The molecule has 0 bridgehead atoms. The number of aromatic nitrogens is 3. The highest BCUT2D eigenvalue weighted by molar-refractivity contribution is 5.95. The van der Waals surface area contributed by atoms with Crippen molar-refractivity contribution in [2.45, 2.75) is 18.9 Å². The van der Waals surface area contributed by atoms with E-state index in [2.05, 4.69) is 10.4 Å². The maximum atomic E-state index is 12.3. The number of rotatable bonds is 7. The van der Waals surface area contributed by atoms with Crippen molar-refractivity contribution in [1.29, 1.82) is 0 Å². The van der Waals surface area contributed by atoms with Gasteiger partial charge in [-0.25, -0.2) is 0 Å². The molecule has 10 heteroatoms. The van der Waals surface area contributed by atoms with Crippen LogP contribution in [0.5, 0.6) is 0 Å². The van der Waals surface area contributed by atoms with E-state index in [0.29, 0.717) is 29.4 Å². The summed E-state index contributed by atoms with van der Waals surface area (Å²) in [6, 6.07) is 4.77. The number of benzene rings is 1. The largest absolute Gasteiger partial charge is 0.373 e. The predicted octanol–water partition coefficient (Wildman–Crippen LogP) is 1.08. The zero-order valence-electron chi connectivity index (χ0n) is 15.5. The van der Waals surface area contributed by atoms with Gasteiger partial charge in [0.25, 0.3) is 11.2 Å². The summed E-state index contributed by atoms with van der Waals surface area (Å²) in [4.78, 5) is 34.8. The number of nitrogens with zero attached hydrogens (tertiary/aromatic N) is 4. The lowest BCUT2D eigenvalue weighted by atomic mass is 10.1. The Bertz CT molecular complexity index is 1120. The smallest absolute Gasteiger partial charge is 0.270 e. The number of pyridine rings is 1. The summed E-state index contributed by atoms with van der Waals surface area (Å²) < 4.78 is 3.05. The number of carbonyl (C=O) groups excluding carboxylic acids is 1. The van der Waals surface area contributed by atoms with Crippen LogP contribution in [0.25, 0.3) is 10.9 Å². The molecule has 10 nitrogen and oxygen atoms in total. The standard InChI is InChI=1S/C18H20N6O4/c1-22-10-11(9-20-22)3-5-14(18(19)26)21-15-8-17(25)23(2)16-6-4-12(24(27)28)7-13(15)16/h4,6-10,14,21H,3,5H2,1-2H3,(H2,19,26). The van der Waals surface area contributed by atoms with E-state index in [9.17, 15) is 19.7 Å². The highest BCUT2D eigenvalue weighted by atomic mass is 16.6. The first-order chi connectivity index (χ1) is 13.3. The van der Waals surface area contributed by atoms with Crippen LogP contribution in [0.3, 0.4) is 0 Å². The fraction of sp³-hybridized carbons (Fsp3) is 0.278. The lowest BCUT2D eigenvalue weighted by molar-refractivity contribution is -0.384. The Labute approximate surface area is 159 Å². The molecule has 3 N–H and O–H groups in total. The third-order valence-corrected chi connectivity index (χ3v) is 4.59. The van der Waals surface area contributed by atoms with Gasteiger partial charge in [0.15, 0.2) is 0 Å². The molecule has 1 atom stereocenters. The fourth-order valence-electron chi connectivity index (χ4n) is 3.07. The molecule has 0 aliphatic heterocycles. The number of carbonyl (C=O) groups is 1. The molecule has 1 aromatic carbocycles. The van der Waals surface area contributed by atoms with E-state index in [4.69, 9.17) is 5.73 Å². The monoisotopic (exact) mass is 384 g/mol. The zero-order chi connectivity index (χ0) is 20.4. The van der Waals surface area contributed by atoms with Crippen molar-refractivity contribution in [3.05, 3.63) is 62.7 Å². The molecule has 28 heavy (non-hydrogen) atoms. The number of nitrogens with one attached hydrogen (secondary N) is 1. The number of nitrogens with two attached hydrogens (primary N) is 1. The van der Waals surface area contributed by atoms with Crippen molar-refractivity contribution in [1.82, 2.24) is 14.3 Å². The number of aryl methyl sites for hydroxylation is 3. The number of hydrogen-bond acceptors (Lipinski definition) is 6. The first-order valence-corrected chi connectivity index (χ1v) is 8.58.